The predicted molar refractivity (Wildman–Crippen MR) is 91.1 cm³/mol. The standard InChI is InChI=1S/C16H19ClN4O2/c1-2-7-20-9-12-14(18-10-20)21(16(23)19-15(12)22)8-11-5-3-4-6-13(11)17/h3-6,18H,2,7-10H2,1H3,(H,19,22,23). The lowest BCUT2D eigenvalue weighted by Gasteiger charge is -2.30. The molecule has 1 aromatic carbocycles. The summed E-state index contributed by atoms with van der Waals surface area (Å²) in [4.78, 5) is 28.9. The number of hydrogen-bond donors (Lipinski definition) is 2. The van der Waals surface area contributed by atoms with E-state index >= 15 is 0 Å². The summed E-state index contributed by atoms with van der Waals surface area (Å²) in [5, 5.41) is 3.81. The van der Waals surface area contributed by atoms with E-state index in [0.717, 1.165) is 18.5 Å². The number of halogens is 1. The molecule has 0 fully saturated rings. The first-order valence-corrected chi connectivity index (χ1v) is 8.03. The van der Waals surface area contributed by atoms with Gasteiger partial charge in [0.1, 0.15) is 5.82 Å². The smallest absolute Gasteiger partial charge is 0.330 e. The van der Waals surface area contributed by atoms with Crippen molar-refractivity contribution in [3.8, 4) is 0 Å². The van der Waals surface area contributed by atoms with Crippen molar-refractivity contribution in [2.45, 2.75) is 26.4 Å². The molecule has 1 aromatic heterocycles. The van der Waals surface area contributed by atoms with Crippen LogP contribution in [-0.4, -0.2) is 27.7 Å². The van der Waals surface area contributed by atoms with Gasteiger partial charge in [-0.3, -0.25) is 19.2 Å². The molecule has 1 aliphatic rings. The molecule has 0 aliphatic carbocycles. The molecule has 0 unspecified atom stereocenters. The van der Waals surface area contributed by atoms with Crippen molar-refractivity contribution >= 4 is 17.4 Å². The SMILES string of the molecule is CCCN1CNc2c(c(=O)[nH]c(=O)n2Cc2ccccc2Cl)C1. The molecular weight excluding hydrogens is 316 g/mol. The number of hydrogen-bond acceptors (Lipinski definition) is 4. The van der Waals surface area contributed by atoms with Gasteiger partial charge in [0, 0.05) is 11.6 Å². The highest BCUT2D eigenvalue weighted by Crippen LogP contribution is 2.21. The van der Waals surface area contributed by atoms with E-state index in [9.17, 15) is 9.59 Å². The number of aromatic nitrogens is 2. The Kier molecular flexibility index (Phi) is 4.54. The van der Waals surface area contributed by atoms with Crippen LogP contribution >= 0.6 is 11.6 Å². The Labute approximate surface area is 138 Å². The number of benzene rings is 1. The Hall–Kier alpha value is -2.05. The van der Waals surface area contributed by atoms with Crippen LogP contribution < -0.4 is 16.6 Å². The van der Waals surface area contributed by atoms with E-state index in [0.29, 0.717) is 36.2 Å². The van der Waals surface area contributed by atoms with Gasteiger partial charge >= 0.3 is 5.69 Å². The zero-order valence-corrected chi connectivity index (χ0v) is 13.7. The molecule has 0 spiro atoms. The molecular formula is C16H19ClN4O2. The first-order chi connectivity index (χ1) is 11.1. The van der Waals surface area contributed by atoms with Crippen LogP contribution in [0.5, 0.6) is 0 Å². The molecule has 0 amide bonds. The number of aromatic amines is 1. The second-order valence-electron chi connectivity index (χ2n) is 5.65. The maximum absolute atomic E-state index is 12.2. The molecule has 6 nitrogen and oxygen atoms in total. The van der Waals surface area contributed by atoms with E-state index < -0.39 is 5.69 Å². The molecule has 0 saturated carbocycles. The number of nitrogens with one attached hydrogen (secondary N) is 2. The van der Waals surface area contributed by atoms with E-state index in [1.807, 2.05) is 18.2 Å². The number of fused-ring (bicyclic) bond motifs is 1. The second kappa shape index (κ2) is 6.60. The average molecular weight is 335 g/mol. The van der Waals surface area contributed by atoms with Crippen molar-refractivity contribution in [1.82, 2.24) is 14.5 Å². The molecule has 0 saturated heterocycles. The van der Waals surface area contributed by atoms with Gasteiger partial charge in [-0.25, -0.2) is 4.79 Å². The van der Waals surface area contributed by atoms with Gasteiger partial charge in [0.2, 0.25) is 0 Å². The minimum absolute atomic E-state index is 0.318. The Balaban J connectivity index is 2.02. The van der Waals surface area contributed by atoms with E-state index in [1.165, 1.54) is 0 Å². The summed E-state index contributed by atoms with van der Waals surface area (Å²) < 4.78 is 1.54. The number of H-pyrrole nitrogens is 1. The van der Waals surface area contributed by atoms with Crippen molar-refractivity contribution in [3.63, 3.8) is 0 Å². The summed E-state index contributed by atoms with van der Waals surface area (Å²) in [6, 6.07) is 7.38. The Morgan fingerprint density at radius 1 is 1.26 bits per heavy atom. The van der Waals surface area contributed by atoms with E-state index in [-0.39, 0.29) is 5.56 Å². The average Bonchev–Trinajstić information content (AvgIpc) is 2.53. The van der Waals surface area contributed by atoms with Gasteiger partial charge in [-0.1, -0.05) is 36.7 Å². The molecule has 1 aliphatic heterocycles. The number of rotatable bonds is 4. The summed E-state index contributed by atoms with van der Waals surface area (Å²) in [5.74, 6) is 0.589. The quantitative estimate of drug-likeness (QED) is 0.895. The van der Waals surface area contributed by atoms with Gasteiger partial charge in [-0.15, -0.1) is 0 Å². The number of nitrogens with zero attached hydrogens (tertiary/aromatic N) is 2. The normalized spacial score (nSPS) is 14.3. The van der Waals surface area contributed by atoms with Crippen molar-refractivity contribution in [2.75, 3.05) is 18.5 Å². The molecule has 0 bridgehead atoms. The van der Waals surface area contributed by atoms with Crippen molar-refractivity contribution in [3.05, 3.63) is 61.3 Å². The summed E-state index contributed by atoms with van der Waals surface area (Å²) >= 11 is 6.19. The molecule has 7 heteroatoms. The van der Waals surface area contributed by atoms with Gasteiger partial charge in [0.05, 0.1) is 18.8 Å². The molecule has 2 N–H and O–H groups in total. The maximum atomic E-state index is 12.2. The van der Waals surface area contributed by atoms with Crippen molar-refractivity contribution < 1.29 is 0 Å². The van der Waals surface area contributed by atoms with Gasteiger partial charge in [0.15, 0.2) is 0 Å². The highest BCUT2D eigenvalue weighted by molar-refractivity contribution is 6.31. The van der Waals surface area contributed by atoms with Gasteiger partial charge < -0.3 is 5.32 Å². The van der Waals surface area contributed by atoms with Crippen molar-refractivity contribution in [2.24, 2.45) is 0 Å². The third kappa shape index (κ3) is 3.18. The first kappa shape index (κ1) is 15.8. The fourth-order valence-electron chi connectivity index (χ4n) is 2.85. The van der Waals surface area contributed by atoms with Gasteiger partial charge in [0.25, 0.3) is 5.56 Å². The Morgan fingerprint density at radius 3 is 2.78 bits per heavy atom. The van der Waals surface area contributed by atoms with Crippen LogP contribution in [0.4, 0.5) is 5.82 Å². The number of anilines is 1. The summed E-state index contributed by atoms with van der Waals surface area (Å²) in [6.07, 6.45) is 1.01. The minimum atomic E-state index is -0.426. The summed E-state index contributed by atoms with van der Waals surface area (Å²) in [6.45, 7) is 4.46. The van der Waals surface area contributed by atoms with Crippen LogP contribution in [0.3, 0.4) is 0 Å². The summed E-state index contributed by atoms with van der Waals surface area (Å²) in [7, 11) is 0. The van der Waals surface area contributed by atoms with Crippen LogP contribution in [0.2, 0.25) is 5.02 Å². The van der Waals surface area contributed by atoms with Crippen LogP contribution in [0.25, 0.3) is 0 Å². The van der Waals surface area contributed by atoms with Gasteiger partial charge in [-0.2, -0.15) is 0 Å². The third-order valence-corrected chi connectivity index (χ3v) is 4.34. The highest BCUT2D eigenvalue weighted by atomic mass is 35.5. The van der Waals surface area contributed by atoms with Crippen LogP contribution in [0.1, 0.15) is 24.5 Å². The molecule has 3 rings (SSSR count). The third-order valence-electron chi connectivity index (χ3n) is 3.97. The zero-order chi connectivity index (χ0) is 16.4. The van der Waals surface area contributed by atoms with Crippen LogP contribution in [0, 0.1) is 0 Å². The topological polar surface area (TPSA) is 70.1 Å². The molecule has 2 aromatic rings. The summed E-state index contributed by atoms with van der Waals surface area (Å²) in [5.41, 5.74) is 0.679. The van der Waals surface area contributed by atoms with Crippen LogP contribution in [0.15, 0.2) is 33.9 Å². The zero-order valence-electron chi connectivity index (χ0n) is 12.9. The van der Waals surface area contributed by atoms with Gasteiger partial charge in [-0.05, 0) is 24.6 Å². The van der Waals surface area contributed by atoms with Crippen LogP contribution in [-0.2, 0) is 13.1 Å². The fourth-order valence-corrected chi connectivity index (χ4v) is 3.04. The molecule has 122 valence electrons. The Morgan fingerprint density at radius 2 is 2.04 bits per heavy atom. The lowest BCUT2D eigenvalue weighted by Crippen LogP contribution is -2.43. The molecule has 0 radical (unpaired) electrons. The minimum Gasteiger partial charge on any atom is -0.358 e. The van der Waals surface area contributed by atoms with E-state index in [4.69, 9.17) is 11.6 Å². The molecule has 23 heavy (non-hydrogen) atoms. The monoisotopic (exact) mass is 334 g/mol. The fraction of sp³-hybridized carbons (Fsp3) is 0.375. The first-order valence-electron chi connectivity index (χ1n) is 7.65. The molecule has 0 atom stereocenters. The van der Waals surface area contributed by atoms with E-state index in [2.05, 4.69) is 22.1 Å². The lowest BCUT2D eigenvalue weighted by molar-refractivity contribution is 0.272. The predicted octanol–water partition coefficient (Wildman–Crippen LogP) is 1.83. The highest BCUT2D eigenvalue weighted by Gasteiger charge is 2.22. The maximum Gasteiger partial charge on any atom is 0.330 e. The lowest BCUT2D eigenvalue weighted by atomic mass is 10.2. The molecule has 2 heterocycles. The Bertz CT molecular complexity index is 828. The second-order valence-corrected chi connectivity index (χ2v) is 6.06. The van der Waals surface area contributed by atoms with E-state index in [1.54, 1.807) is 10.6 Å². The largest absolute Gasteiger partial charge is 0.358 e. The van der Waals surface area contributed by atoms with Crippen molar-refractivity contribution in [1.29, 1.82) is 0 Å².